The molecule has 2 heteroatoms. The molecule has 0 aliphatic carbocycles. The van der Waals surface area contributed by atoms with Crippen molar-refractivity contribution in [2.45, 2.75) is 71.9 Å². The molecule has 0 fully saturated rings. The van der Waals surface area contributed by atoms with Crippen LogP contribution >= 0.6 is 0 Å². The third-order valence-electron chi connectivity index (χ3n) is 3.35. The highest BCUT2D eigenvalue weighted by molar-refractivity contribution is 4.82. The smallest absolute Gasteiger partial charge is 0.0249 e. The maximum Gasteiger partial charge on any atom is 0.0249 e. The molecule has 2 atom stereocenters. The van der Waals surface area contributed by atoms with Crippen LogP contribution in [0.4, 0.5) is 0 Å². The molecule has 0 heterocycles. The molecular weight excluding hydrogens is 196 g/mol. The van der Waals surface area contributed by atoms with E-state index in [0.29, 0.717) is 6.04 Å². The molecule has 0 bridgehead atoms. The average Bonchev–Trinajstić information content (AvgIpc) is 2.29. The second-order valence-electron chi connectivity index (χ2n) is 4.70. The summed E-state index contributed by atoms with van der Waals surface area (Å²) in [6.07, 6.45) is 6.36. The number of hydrogen-bond acceptors (Lipinski definition) is 2. The minimum absolute atomic E-state index is 0.651. The van der Waals surface area contributed by atoms with Crippen LogP contribution in [0.5, 0.6) is 0 Å². The highest BCUT2D eigenvalue weighted by Gasteiger charge is 2.23. The van der Waals surface area contributed by atoms with Crippen molar-refractivity contribution in [3.8, 4) is 0 Å². The zero-order valence-corrected chi connectivity index (χ0v) is 12.1. The fraction of sp³-hybridized carbons (Fsp3) is 1.00. The van der Waals surface area contributed by atoms with Crippen LogP contribution in [0.3, 0.4) is 0 Å². The molecule has 0 radical (unpaired) electrons. The lowest BCUT2D eigenvalue weighted by atomic mass is 9.98. The molecule has 0 aromatic carbocycles. The van der Waals surface area contributed by atoms with E-state index in [1.165, 1.54) is 45.2 Å². The molecule has 0 amide bonds. The monoisotopic (exact) mass is 228 g/mol. The molecule has 2 nitrogen and oxygen atoms in total. The molecule has 16 heavy (non-hydrogen) atoms. The van der Waals surface area contributed by atoms with Crippen LogP contribution in [-0.4, -0.2) is 37.1 Å². The Balaban J connectivity index is 4.52. The lowest BCUT2D eigenvalue weighted by Crippen LogP contribution is -2.49. The molecule has 0 spiro atoms. The molecule has 0 rings (SSSR count). The van der Waals surface area contributed by atoms with Gasteiger partial charge in [0.15, 0.2) is 0 Å². The summed E-state index contributed by atoms with van der Waals surface area (Å²) in [5.41, 5.74) is 0. The molecule has 0 saturated heterocycles. The summed E-state index contributed by atoms with van der Waals surface area (Å²) in [6, 6.07) is 1.37. The number of likely N-dealkylation sites (N-methyl/N-ethyl adjacent to an activating group) is 1. The van der Waals surface area contributed by atoms with Crippen molar-refractivity contribution in [3.63, 3.8) is 0 Å². The molecule has 98 valence electrons. The van der Waals surface area contributed by atoms with E-state index in [1.54, 1.807) is 0 Å². The summed E-state index contributed by atoms with van der Waals surface area (Å²) in [4.78, 5) is 2.69. The van der Waals surface area contributed by atoms with Crippen LogP contribution in [0.2, 0.25) is 0 Å². The van der Waals surface area contributed by atoms with Gasteiger partial charge in [-0.2, -0.15) is 0 Å². The van der Waals surface area contributed by atoms with E-state index in [2.05, 4.69) is 45.0 Å². The lowest BCUT2D eigenvalue weighted by molar-refractivity contribution is 0.147. The first-order chi connectivity index (χ1) is 7.74. The standard InChI is InChI=1S/C14H32N2/c1-6-10-14(13(9-4)15-5)16(11-7-2)12-8-3/h13-15H,6-12H2,1-5H3. The third-order valence-corrected chi connectivity index (χ3v) is 3.35. The van der Waals surface area contributed by atoms with Gasteiger partial charge in [0.1, 0.15) is 0 Å². The van der Waals surface area contributed by atoms with E-state index in [0.717, 1.165) is 6.04 Å². The van der Waals surface area contributed by atoms with Gasteiger partial charge in [0, 0.05) is 12.1 Å². The molecule has 0 aromatic heterocycles. The zero-order valence-electron chi connectivity index (χ0n) is 12.1. The summed E-state index contributed by atoms with van der Waals surface area (Å²) >= 11 is 0. The predicted molar refractivity (Wildman–Crippen MR) is 74.0 cm³/mol. The van der Waals surface area contributed by atoms with E-state index in [-0.39, 0.29) is 0 Å². The highest BCUT2D eigenvalue weighted by atomic mass is 15.2. The Bertz CT molecular complexity index is 138. The number of nitrogens with one attached hydrogen (secondary N) is 1. The van der Waals surface area contributed by atoms with Crippen LogP contribution in [0.25, 0.3) is 0 Å². The van der Waals surface area contributed by atoms with Gasteiger partial charge in [-0.3, -0.25) is 4.90 Å². The van der Waals surface area contributed by atoms with Gasteiger partial charge < -0.3 is 5.32 Å². The topological polar surface area (TPSA) is 15.3 Å². The Labute approximate surface area is 103 Å². The van der Waals surface area contributed by atoms with Crippen LogP contribution in [0, 0.1) is 0 Å². The van der Waals surface area contributed by atoms with Crippen molar-refractivity contribution < 1.29 is 0 Å². The van der Waals surface area contributed by atoms with Crippen molar-refractivity contribution in [1.29, 1.82) is 0 Å². The number of rotatable bonds is 10. The highest BCUT2D eigenvalue weighted by Crippen LogP contribution is 2.15. The minimum atomic E-state index is 0.651. The van der Waals surface area contributed by atoms with Crippen LogP contribution in [0.1, 0.15) is 59.8 Å². The first kappa shape index (κ1) is 15.9. The quantitative estimate of drug-likeness (QED) is 0.617. The predicted octanol–water partition coefficient (Wildman–Crippen LogP) is 3.28. The minimum Gasteiger partial charge on any atom is -0.315 e. The van der Waals surface area contributed by atoms with E-state index < -0.39 is 0 Å². The molecule has 0 aromatic rings. The summed E-state index contributed by atoms with van der Waals surface area (Å²) < 4.78 is 0. The van der Waals surface area contributed by atoms with E-state index in [9.17, 15) is 0 Å². The Hall–Kier alpha value is -0.0800. The van der Waals surface area contributed by atoms with Crippen molar-refractivity contribution >= 4 is 0 Å². The summed E-state index contributed by atoms with van der Waals surface area (Å²) in [6.45, 7) is 11.6. The van der Waals surface area contributed by atoms with Crippen molar-refractivity contribution in [1.82, 2.24) is 10.2 Å². The first-order valence-corrected chi connectivity index (χ1v) is 7.16. The summed E-state index contributed by atoms with van der Waals surface area (Å²) in [5, 5.41) is 3.49. The molecule has 1 N–H and O–H groups in total. The molecule has 2 unspecified atom stereocenters. The lowest BCUT2D eigenvalue weighted by Gasteiger charge is -2.36. The van der Waals surface area contributed by atoms with Gasteiger partial charge in [0.05, 0.1) is 0 Å². The molecule has 0 saturated carbocycles. The Morgan fingerprint density at radius 3 is 1.81 bits per heavy atom. The van der Waals surface area contributed by atoms with Gasteiger partial charge in [0.2, 0.25) is 0 Å². The van der Waals surface area contributed by atoms with Gasteiger partial charge in [-0.05, 0) is 45.8 Å². The second kappa shape index (κ2) is 10.1. The van der Waals surface area contributed by atoms with Crippen molar-refractivity contribution in [2.24, 2.45) is 0 Å². The fourth-order valence-electron chi connectivity index (χ4n) is 2.62. The van der Waals surface area contributed by atoms with Crippen LogP contribution in [0.15, 0.2) is 0 Å². The van der Waals surface area contributed by atoms with Gasteiger partial charge >= 0.3 is 0 Å². The van der Waals surface area contributed by atoms with Crippen molar-refractivity contribution in [3.05, 3.63) is 0 Å². The van der Waals surface area contributed by atoms with Gasteiger partial charge in [0.25, 0.3) is 0 Å². The Morgan fingerprint density at radius 2 is 1.50 bits per heavy atom. The van der Waals surface area contributed by atoms with E-state index in [1.807, 2.05) is 0 Å². The normalized spacial score (nSPS) is 15.4. The second-order valence-corrected chi connectivity index (χ2v) is 4.70. The number of nitrogens with zero attached hydrogens (tertiary/aromatic N) is 1. The molecular formula is C14H32N2. The van der Waals surface area contributed by atoms with E-state index >= 15 is 0 Å². The zero-order chi connectivity index (χ0) is 12.4. The Morgan fingerprint density at radius 1 is 0.938 bits per heavy atom. The third kappa shape index (κ3) is 5.31. The van der Waals surface area contributed by atoms with Gasteiger partial charge in [-0.25, -0.2) is 0 Å². The van der Waals surface area contributed by atoms with Crippen LogP contribution < -0.4 is 5.32 Å². The summed E-state index contributed by atoms with van der Waals surface area (Å²) in [5.74, 6) is 0. The first-order valence-electron chi connectivity index (χ1n) is 7.16. The maximum atomic E-state index is 3.49. The van der Waals surface area contributed by atoms with Gasteiger partial charge in [-0.1, -0.05) is 34.1 Å². The van der Waals surface area contributed by atoms with E-state index in [4.69, 9.17) is 0 Å². The Kier molecular flexibility index (Phi) is 10.0. The molecule has 0 aliphatic rings. The van der Waals surface area contributed by atoms with Crippen molar-refractivity contribution in [2.75, 3.05) is 20.1 Å². The average molecular weight is 228 g/mol. The maximum absolute atomic E-state index is 3.49. The SMILES string of the molecule is CCCC(C(CC)NC)N(CCC)CCC. The fourth-order valence-corrected chi connectivity index (χ4v) is 2.62. The molecule has 0 aliphatic heterocycles. The van der Waals surface area contributed by atoms with Crippen LogP contribution in [-0.2, 0) is 0 Å². The number of hydrogen-bond donors (Lipinski definition) is 1. The summed E-state index contributed by atoms with van der Waals surface area (Å²) in [7, 11) is 2.10. The van der Waals surface area contributed by atoms with Gasteiger partial charge in [-0.15, -0.1) is 0 Å². The largest absolute Gasteiger partial charge is 0.315 e.